The number of hydrogen-bond donors (Lipinski definition) is 1. The Morgan fingerprint density at radius 2 is 2.37 bits per heavy atom. The van der Waals surface area contributed by atoms with Crippen molar-refractivity contribution >= 4 is 21.2 Å². The molecule has 6 heteroatoms. The molecule has 4 nitrogen and oxygen atoms in total. The van der Waals surface area contributed by atoms with Gasteiger partial charge < -0.3 is 10.1 Å². The van der Waals surface area contributed by atoms with Gasteiger partial charge in [-0.15, -0.1) is 11.3 Å². The molecule has 0 aliphatic carbocycles. The summed E-state index contributed by atoms with van der Waals surface area (Å²) in [4.78, 5) is 1.27. The average molecular weight is 303 g/mol. The zero-order valence-corrected chi connectivity index (χ0v) is 12.9. The van der Waals surface area contributed by atoms with Crippen molar-refractivity contribution in [1.29, 1.82) is 0 Å². The van der Waals surface area contributed by atoms with Crippen LogP contribution in [0.3, 0.4) is 0 Å². The summed E-state index contributed by atoms with van der Waals surface area (Å²) in [5.41, 5.74) is 1.26. The second-order valence-electron chi connectivity index (χ2n) is 4.95. The van der Waals surface area contributed by atoms with Crippen LogP contribution in [0.25, 0.3) is 0 Å². The molecule has 1 saturated heterocycles. The van der Waals surface area contributed by atoms with E-state index < -0.39 is 9.84 Å². The molecule has 1 fully saturated rings. The van der Waals surface area contributed by atoms with Crippen molar-refractivity contribution in [3.05, 3.63) is 21.9 Å². The number of sulfone groups is 1. The Balaban J connectivity index is 1.68. The Labute approximate surface area is 119 Å². The predicted molar refractivity (Wildman–Crippen MR) is 78.4 cm³/mol. The molecule has 1 aromatic rings. The minimum Gasteiger partial charge on any atom is -0.377 e. The summed E-state index contributed by atoms with van der Waals surface area (Å²) in [5.74, 6) is 0.365. The molecule has 2 rings (SSSR count). The third-order valence-electron chi connectivity index (χ3n) is 3.31. The van der Waals surface area contributed by atoms with E-state index >= 15 is 0 Å². The molecule has 0 bridgehead atoms. The lowest BCUT2D eigenvalue weighted by atomic mass is 10.3. The first-order chi connectivity index (χ1) is 9.07. The van der Waals surface area contributed by atoms with E-state index in [0.29, 0.717) is 13.2 Å². The van der Waals surface area contributed by atoms with E-state index in [1.165, 1.54) is 10.4 Å². The highest BCUT2D eigenvalue weighted by Gasteiger charge is 2.22. The van der Waals surface area contributed by atoms with Gasteiger partial charge in [-0.2, -0.15) is 0 Å². The normalized spacial score (nSPS) is 19.9. The molecule has 1 N–H and O–H groups in total. The number of nitrogens with one attached hydrogen (secondary N) is 1. The minimum atomic E-state index is -3.00. The van der Waals surface area contributed by atoms with Gasteiger partial charge >= 0.3 is 0 Å². The highest BCUT2D eigenvalue weighted by Crippen LogP contribution is 2.15. The Hall–Kier alpha value is -0.430. The lowest BCUT2D eigenvalue weighted by molar-refractivity contribution is 0.127. The highest BCUT2D eigenvalue weighted by atomic mass is 32.2. The van der Waals surface area contributed by atoms with Crippen molar-refractivity contribution in [1.82, 2.24) is 5.32 Å². The van der Waals surface area contributed by atoms with Gasteiger partial charge in [-0.1, -0.05) is 0 Å². The quantitative estimate of drug-likeness (QED) is 0.780. The van der Waals surface area contributed by atoms with Crippen molar-refractivity contribution in [2.45, 2.75) is 32.4 Å². The predicted octanol–water partition coefficient (Wildman–Crippen LogP) is 1.74. The van der Waals surface area contributed by atoms with Crippen LogP contribution in [0.15, 0.2) is 11.4 Å². The second-order valence-corrected chi connectivity index (χ2v) is 8.18. The molecule has 19 heavy (non-hydrogen) atoms. The first-order valence-electron chi connectivity index (χ1n) is 6.62. The zero-order valence-electron chi connectivity index (χ0n) is 11.2. The van der Waals surface area contributed by atoms with E-state index in [1.807, 2.05) is 0 Å². The summed E-state index contributed by atoms with van der Waals surface area (Å²) in [7, 11) is -3.00. The van der Waals surface area contributed by atoms with E-state index in [1.54, 1.807) is 11.3 Å². The average Bonchev–Trinajstić information content (AvgIpc) is 2.96. The molecule has 0 aromatic carbocycles. The standard InChI is InChI=1S/C13H21NO3S2/c1-11-4-7-18-13(11)9-14-5-8-19(15,16)10-12-3-2-6-17-12/h4,7,12,14H,2-3,5-6,8-10H2,1H3. The third kappa shape index (κ3) is 4.87. The van der Waals surface area contributed by atoms with Crippen LogP contribution < -0.4 is 5.32 Å². The Kier molecular flexibility index (Phi) is 5.38. The zero-order chi connectivity index (χ0) is 13.7. The molecule has 0 amide bonds. The maximum atomic E-state index is 11.9. The largest absolute Gasteiger partial charge is 0.377 e. The summed E-state index contributed by atoms with van der Waals surface area (Å²) in [6.07, 6.45) is 1.78. The fourth-order valence-electron chi connectivity index (χ4n) is 2.16. The first kappa shape index (κ1) is 15.0. The van der Waals surface area contributed by atoms with E-state index in [-0.39, 0.29) is 17.6 Å². The molecule has 0 spiro atoms. The van der Waals surface area contributed by atoms with Gasteiger partial charge in [0.25, 0.3) is 0 Å². The molecule has 108 valence electrons. The van der Waals surface area contributed by atoms with Crippen LogP contribution in [-0.4, -0.2) is 39.2 Å². The number of aryl methyl sites for hydroxylation is 1. The lowest BCUT2D eigenvalue weighted by Crippen LogP contribution is -2.28. The van der Waals surface area contributed by atoms with Crippen LogP contribution in [0.4, 0.5) is 0 Å². The van der Waals surface area contributed by atoms with Crippen molar-refractivity contribution in [2.75, 3.05) is 24.7 Å². The Bertz CT molecular complexity index is 490. The SMILES string of the molecule is Cc1ccsc1CNCCS(=O)(=O)CC1CCCO1. The van der Waals surface area contributed by atoms with Gasteiger partial charge in [-0.25, -0.2) is 8.42 Å². The van der Waals surface area contributed by atoms with Crippen molar-refractivity contribution in [3.63, 3.8) is 0 Å². The van der Waals surface area contributed by atoms with Crippen LogP contribution in [0.2, 0.25) is 0 Å². The maximum Gasteiger partial charge on any atom is 0.154 e. The summed E-state index contributed by atoms with van der Waals surface area (Å²) >= 11 is 1.70. The number of thiophene rings is 1. The molecule has 1 unspecified atom stereocenters. The van der Waals surface area contributed by atoms with Crippen LogP contribution in [0.1, 0.15) is 23.3 Å². The molecule has 1 atom stereocenters. The summed E-state index contributed by atoms with van der Waals surface area (Å²) < 4.78 is 29.2. The van der Waals surface area contributed by atoms with E-state index in [4.69, 9.17) is 4.74 Å². The molecule has 1 aliphatic rings. The molecule has 0 saturated carbocycles. The molecule has 1 aliphatic heterocycles. The van der Waals surface area contributed by atoms with Gasteiger partial charge in [-0.3, -0.25) is 0 Å². The lowest BCUT2D eigenvalue weighted by Gasteiger charge is -2.10. The van der Waals surface area contributed by atoms with Gasteiger partial charge in [0.1, 0.15) is 0 Å². The van der Waals surface area contributed by atoms with E-state index in [2.05, 4.69) is 23.7 Å². The molecular formula is C13H21NO3S2. The van der Waals surface area contributed by atoms with Gasteiger partial charge in [-0.05, 0) is 36.8 Å². The minimum absolute atomic E-state index is 0.0791. The number of ether oxygens (including phenoxy) is 1. The van der Waals surface area contributed by atoms with Crippen molar-refractivity contribution < 1.29 is 13.2 Å². The first-order valence-corrected chi connectivity index (χ1v) is 9.33. The topological polar surface area (TPSA) is 55.4 Å². The van der Waals surface area contributed by atoms with Crippen LogP contribution in [0, 0.1) is 6.92 Å². The molecule has 1 aromatic heterocycles. The van der Waals surface area contributed by atoms with Gasteiger partial charge in [0.2, 0.25) is 0 Å². The van der Waals surface area contributed by atoms with E-state index in [0.717, 1.165) is 19.4 Å². The maximum absolute atomic E-state index is 11.9. The Morgan fingerprint density at radius 1 is 1.53 bits per heavy atom. The van der Waals surface area contributed by atoms with Crippen LogP contribution in [0.5, 0.6) is 0 Å². The van der Waals surface area contributed by atoms with Crippen molar-refractivity contribution in [3.8, 4) is 0 Å². The van der Waals surface area contributed by atoms with Gasteiger partial charge in [0, 0.05) is 24.6 Å². The summed E-state index contributed by atoms with van der Waals surface area (Å²) in [6, 6.07) is 2.08. The highest BCUT2D eigenvalue weighted by molar-refractivity contribution is 7.91. The monoisotopic (exact) mass is 303 g/mol. The summed E-state index contributed by atoms with van der Waals surface area (Å²) in [5, 5.41) is 5.26. The van der Waals surface area contributed by atoms with Crippen LogP contribution >= 0.6 is 11.3 Å². The summed E-state index contributed by atoms with van der Waals surface area (Å²) in [6.45, 7) is 4.03. The Morgan fingerprint density at radius 3 is 3.00 bits per heavy atom. The van der Waals surface area contributed by atoms with Crippen LogP contribution in [-0.2, 0) is 21.1 Å². The molecule has 0 radical (unpaired) electrons. The third-order valence-corrected chi connectivity index (χ3v) is 6.04. The molecular weight excluding hydrogens is 282 g/mol. The second kappa shape index (κ2) is 6.83. The smallest absolute Gasteiger partial charge is 0.154 e. The number of hydrogen-bond acceptors (Lipinski definition) is 5. The van der Waals surface area contributed by atoms with Gasteiger partial charge in [0.05, 0.1) is 17.6 Å². The molecule has 2 heterocycles. The fraction of sp³-hybridized carbons (Fsp3) is 0.692. The number of rotatable bonds is 7. The van der Waals surface area contributed by atoms with E-state index in [9.17, 15) is 8.42 Å². The fourth-order valence-corrected chi connectivity index (χ4v) is 4.48. The van der Waals surface area contributed by atoms with Crippen molar-refractivity contribution in [2.24, 2.45) is 0 Å². The van der Waals surface area contributed by atoms with Gasteiger partial charge in [0.15, 0.2) is 9.84 Å².